The van der Waals surface area contributed by atoms with Crippen LogP contribution in [0.2, 0.25) is 0 Å². The molecule has 0 radical (unpaired) electrons. The van der Waals surface area contributed by atoms with Crippen molar-refractivity contribution in [2.75, 3.05) is 27.1 Å². The van der Waals surface area contributed by atoms with E-state index in [0.29, 0.717) is 18.8 Å². The van der Waals surface area contributed by atoms with E-state index < -0.39 is 17.8 Å². The average molecular weight is 523 g/mol. The SMILES string of the molecule is COCCOCOc1ccc(C(=O)NNC(=O)c2ccc(C(=O)O)cc2)cc1C12CC3CC(CC(C3)C1)C2. The van der Waals surface area contributed by atoms with Crippen molar-refractivity contribution in [3.8, 4) is 5.75 Å². The number of carboxylic acids is 1. The molecule has 0 saturated heterocycles. The van der Waals surface area contributed by atoms with Crippen LogP contribution in [0.4, 0.5) is 0 Å². The number of rotatable bonds is 10. The van der Waals surface area contributed by atoms with Crippen molar-refractivity contribution in [2.24, 2.45) is 17.8 Å². The third kappa shape index (κ3) is 5.54. The van der Waals surface area contributed by atoms with E-state index in [1.165, 1.54) is 43.5 Å². The Labute approximate surface area is 221 Å². The number of ether oxygens (including phenoxy) is 3. The number of carbonyl (C=O) groups is 3. The number of hydrazine groups is 1. The molecule has 202 valence electrons. The molecule has 4 saturated carbocycles. The van der Waals surface area contributed by atoms with Crippen molar-refractivity contribution in [3.05, 3.63) is 64.7 Å². The first-order chi connectivity index (χ1) is 18.4. The molecule has 0 unspecified atom stereocenters. The molecule has 0 aliphatic heterocycles. The van der Waals surface area contributed by atoms with Crippen molar-refractivity contribution < 1.29 is 33.7 Å². The molecule has 0 aromatic heterocycles. The summed E-state index contributed by atoms with van der Waals surface area (Å²) in [6.07, 6.45) is 7.22. The molecule has 38 heavy (non-hydrogen) atoms. The first-order valence-corrected chi connectivity index (χ1v) is 13.1. The zero-order valence-corrected chi connectivity index (χ0v) is 21.5. The molecular formula is C29H34N2O7. The molecule has 6 rings (SSSR count). The number of benzene rings is 2. The van der Waals surface area contributed by atoms with Crippen LogP contribution in [0.1, 0.15) is 75.2 Å². The number of carboxylic acid groups (broad SMARTS) is 1. The fourth-order valence-corrected chi connectivity index (χ4v) is 6.98. The second kappa shape index (κ2) is 11.1. The highest BCUT2D eigenvalue weighted by Gasteiger charge is 2.52. The Morgan fingerprint density at radius 2 is 1.39 bits per heavy atom. The number of methoxy groups -OCH3 is 1. The molecular weight excluding hydrogens is 488 g/mol. The van der Waals surface area contributed by atoms with Crippen molar-refractivity contribution in [1.82, 2.24) is 10.9 Å². The number of carbonyl (C=O) groups excluding carboxylic acids is 2. The van der Waals surface area contributed by atoms with E-state index in [1.54, 1.807) is 13.2 Å². The van der Waals surface area contributed by atoms with E-state index in [0.717, 1.165) is 48.3 Å². The van der Waals surface area contributed by atoms with Gasteiger partial charge in [-0.3, -0.25) is 20.4 Å². The second-order valence-electron chi connectivity index (χ2n) is 10.9. The zero-order chi connectivity index (χ0) is 26.7. The Balaban J connectivity index is 1.32. The topological polar surface area (TPSA) is 123 Å². The minimum atomic E-state index is -1.07. The predicted octanol–water partition coefficient (Wildman–Crippen LogP) is 3.93. The Morgan fingerprint density at radius 3 is 1.97 bits per heavy atom. The van der Waals surface area contributed by atoms with Crippen LogP contribution in [0.15, 0.2) is 42.5 Å². The van der Waals surface area contributed by atoms with Gasteiger partial charge in [0.1, 0.15) is 5.75 Å². The van der Waals surface area contributed by atoms with Crippen molar-refractivity contribution >= 4 is 17.8 Å². The highest BCUT2D eigenvalue weighted by atomic mass is 16.7. The molecule has 0 atom stereocenters. The first-order valence-electron chi connectivity index (χ1n) is 13.1. The van der Waals surface area contributed by atoms with Gasteiger partial charge in [0.2, 0.25) is 0 Å². The van der Waals surface area contributed by atoms with E-state index in [1.807, 2.05) is 12.1 Å². The van der Waals surface area contributed by atoms with Crippen LogP contribution in [0.3, 0.4) is 0 Å². The maximum Gasteiger partial charge on any atom is 0.335 e. The standard InChI is InChI=1S/C29H34N2O7/c1-36-8-9-37-17-38-25-7-6-23(13-24(25)29-14-18-10-19(15-29)12-20(11-18)16-29)27(33)31-30-26(32)21-2-4-22(5-3-21)28(34)35/h2-7,13,18-20H,8-12,14-17H2,1H3,(H,30,32)(H,31,33)(H,34,35). The quantitative estimate of drug-likeness (QED) is 0.245. The van der Waals surface area contributed by atoms with Gasteiger partial charge in [0.15, 0.2) is 6.79 Å². The van der Waals surface area contributed by atoms with Crippen LogP contribution in [0.5, 0.6) is 5.75 Å². The Kier molecular flexibility index (Phi) is 7.67. The summed E-state index contributed by atoms with van der Waals surface area (Å²) in [5.41, 5.74) is 6.70. The number of hydrogen-bond donors (Lipinski definition) is 3. The van der Waals surface area contributed by atoms with Gasteiger partial charge in [0.25, 0.3) is 11.8 Å². The number of aromatic carboxylic acids is 1. The third-order valence-corrected chi connectivity index (χ3v) is 8.26. The zero-order valence-electron chi connectivity index (χ0n) is 21.5. The van der Waals surface area contributed by atoms with Gasteiger partial charge in [-0.25, -0.2) is 4.79 Å². The molecule has 4 aliphatic rings. The van der Waals surface area contributed by atoms with Gasteiger partial charge in [-0.2, -0.15) is 0 Å². The fraction of sp³-hybridized carbons (Fsp3) is 0.483. The van der Waals surface area contributed by atoms with Crippen LogP contribution in [0, 0.1) is 17.8 Å². The lowest BCUT2D eigenvalue weighted by Crippen LogP contribution is -2.48. The number of nitrogens with one attached hydrogen (secondary N) is 2. The van der Waals surface area contributed by atoms with Gasteiger partial charge in [-0.15, -0.1) is 0 Å². The summed E-state index contributed by atoms with van der Waals surface area (Å²) in [5.74, 6) is 0.848. The van der Waals surface area contributed by atoms with Crippen LogP contribution in [-0.4, -0.2) is 50.0 Å². The summed E-state index contributed by atoms with van der Waals surface area (Å²) in [7, 11) is 1.62. The molecule has 3 N–H and O–H groups in total. The van der Waals surface area contributed by atoms with E-state index >= 15 is 0 Å². The maximum atomic E-state index is 13.1. The lowest BCUT2D eigenvalue weighted by atomic mass is 9.48. The van der Waals surface area contributed by atoms with E-state index in [4.69, 9.17) is 19.3 Å². The van der Waals surface area contributed by atoms with Crippen molar-refractivity contribution in [1.29, 1.82) is 0 Å². The molecule has 4 fully saturated rings. The molecule has 9 nitrogen and oxygen atoms in total. The normalized spacial score (nSPS) is 25.1. The van der Waals surface area contributed by atoms with E-state index in [9.17, 15) is 14.4 Å². The summed E-state index contributed by atoms with van der Waals surface area (Å²) in [6, 6.07) is 10.9. The number of amides is 2. The summed E-state index contributed by atoms with van der Waals surface area (Å²) in [5, 5.41) is 9.03. The highest BCUT2D eigenvalue weighted by molar-refractivity contribution is 5.99. The van der Waals surface area contributed by atoms with Gasteiger partial charge in [-0.1, -0.05) is 0 Å². The van der Waals surface area contributed by atoms with Crippen molar-refractivity contribution in [3.63, 3.8) is 0 Å². The van der Waals surface area contributed by atoms with Gasteiger partial charge >= 0.3 is 5.97 Å². The number of hydrogen-bond acceptors (Lipinski definition) is 6. The van der Waals surface area contributed by atoms with E-state index in [-0.39, 0.29) is 23.3 Å². The molecule has 0 spiro atoms. The van der Waals surface area contributed by atoms with Gasteiger partial charge < -0.3 is 19.3 Å². The summed E-state index contributed by atoms with van der Waals surface area (Å²) in [6.45, 7) is 1.02. The predicted molar refractivity (Wildman–Crippen MR) is 138 cm³/mol. The molecule has 9 heteroatoms. The minimum absolute atomic E-state index is 0.0119. The van der Waals surface area contributed by atoms with Crippen LogP contribution < -0.4 is 15.6 Å². The van der Waals surface area contributed by atoms with Gasteiger partial charge in [-0.05, 0) is 104 Å². The minimum Gasteiger partial charge on any atom is -0.478 e. The lowest BCUT2D eigenvalue weighted by molar-refractivity contribution is -0.0189. The Hall–Kier alpha value is -3.43. The maximum absolute atomic E-state index is 13.1. The smallest absolute Gasteiger partial charge is 0.335 e. The molecule has 4 bridgehead atoms. The molecule has 0 heterocycles. The molecule has 2 aromatic rings. The van der Waals surface area contributed by atoms with Gasteiger partial charge in [0, 0.05) is 23.8 Å². The van der Waals surface area contributed by atoms with Gasteiger partial charge in [0.05, 0.1) is 18.8 Å². The van der Waals surface area contributed by atoms with Crippen LogP contribution >= 0.6 is 0 Å². The largest absolute Gasteiger partial charge is 0.478 e. The summed E-state index contributed by atoms with van der Waals surface area (Å²) >= 11 is 0. The second-order valence-corrected chi connectivity index (χ2v) is 10.9. The van der Waals surface area contributed by atoms with E-state index in [2.05, 4.69) is 10.9 Å². The fourth-order valence-electron chi connectivity index (χ4n) is 6.98. The van der Waals surface area contributed by atoms with Crippen LogP contribution in [0.25, 0.3) is 0 Å². The summed E-state index contributed by atoms with van der Waals surface area (Å²) < 4.78 is 16.6. The lowest BCUT2D eigenvalue weighted by Gasteiger charge is -2.57. The molecule has 4 aliphatic carbocycles. The first kappa shape index (κ1) is 26.2. The Bertz CT molecular complexity index is 1160. The molecule has 2 amide bonds. The molecule has 2 aromatic carbocycles. The van der Waals surface area contributed by atoms with Crippen LogP contribution in [-0.2, 0) is 14.9 Å². The summed E-state index contributed by atoms with van der Waals surface area (Å²) in [4.78, 5) is 36.6. The monoisotopic (exact) mass is 522 g/mol. The highest BCUT2D eigenvalue weighted by Crippen LogP contribution is 2.62. The van der Waals surface area contributed by atoms with Crippen molar-refractivity contribution in [2.45, 2.75) is 43.9 Å². The Morgan fingerprint density at radius 1 is 0.842 bits per heavy atom. The third-order valence-electron chi connectivity index (χ3n) is 8.26. The average Bonchev–Trinajstić information content (AvgIpc) is 2.90.